The highest BCUT2D eigenvalue weighted by Crippen LogP contribution is 2.30. The zero-order valence-corrected chi connectivity index (χ0v) is 21.5. The number of nitrogens with zero attached hydrogens (tertiary/aromatic N) is 2. The van der Waals surface area contributed by atoms with Crippen molar-refractivity contribution in [3.63, 3.8) is 0 Å². The van der Waals surface area contributed by atoms with Crippen LogP contribution in [0.2, 0.25) is 0 Å². The lowest BCUT2D eigenvalue weighted by Crippen LogP contribution is -2.36. The number of sulfonamides is 1. The molecule has 11 heteroatoms. The first-order chi connectivity index (χ1) is 16.9. The number of hydrogen-bond acceptors (Lipinski definition) is 8. The number of methoxy groups -OCH3 is 2. The molecule has 188 valence electrons. The minimum atomic E-state index is -3.68. The largest absolute Gasteiger partial charge is 0.493 e. The zero-order valence-electron chi connectivity index (χ0n) is 19.8. The summed E-state index contributed by atoms with van der Waals surface area (Å²) in [6.45, 7) is 0.898. The average molecular weight is 519 g/mol. The van der Waals surface area contributed by atoms with Crippen LogP contribution in [-0.4, -0.2) is 50.4 Å². The average Bonchev–Trinajstić information content (AvgIpc) is 3.36. The highest BCUT2D eigenvalue weighted by atomic mass is 32.2. The number of hydrogen-bond donors (Lipinski definition) is 2. The van der Waals surface area contributed by atoms with Crippen molar-refractivity contribution in [1.82, 2.24) is 18.8 Å². The van der Waals surface area contributed by atoms with Crippen molar-refractivity contribution in [2.75, 3.05) is 27.3 Å². The van der Waals surface area contributed by atoms with Crippen LogP contribution in [0.15, 0.2) is 41.3 Å². The number of benzene rings is 2. The SMILES string of the molecule is COc1ccc(CCNC(=O)C2CCC(CNS(=O)(=O)c3cccc4nsnc34)CC2)cc1OC. The molecule has 0 aliphatic heterocycles. The summed E-state index contributed by atoms with van der Waals surface area (Å²) in [6, 6.07) is 10.7. The van der Waals surface area contributed by atoms with Gasteiger partial charge in [0.1, 0.15) is 15.9 Å². The van der Waals surface area contributed by atoms with Gasteiger partial charge in [0.25, 0.3) is 0 Å². The number of carbonyl (C=O) groups is 1. The van der Waals surface area contributed by atoms with Crippen LogP contribution < -0.4 is 19.5 Å². The molecule has 2 aromatic carbocycles. The van der Waals surface area contributed by atoms with Gasteiger partial charge in [0.2, 0.25) is 15.9 Å². The molecule has 1 aromatic heterocycles. The fourth-order valence-electron chi connectivity index (χ4n) is 4.44. The van der Waals surface area contributed by atoms with Gasteiger partial charge in [0.05, 0.1) is 25.9 Å². The van der Waals surface area contributed by atoms with Gasteiger partial charge in [-0.05, 0) is 67.9 Å². The lowest BCUT2D eigenvalue weighted by atomic mass is 9.81. The molecule has 0 radical (unpaired) electrons. The van der Waals surface area contributed by atoms with Crippen molar-refractivity contribution >= 4 is 38.7 Å². The van der Waals surface area contributed by atoms with Gasteiger partial charge in [-0.15, -0.1) is 0 Å². The molecule has 35 heavy (non-hydrogen) atoms. The molecule has 3 aromatic rings. The van der Waals surface area contributed by atoms with E-state index >= 15 is 0 Å². The third kappa shape index (κ3) is 6.09. The first-order valence-electron chi connectivity index (χ1n) is 11.6. The summed E-state index contributed by atoms with van der Waals surface area (Å²) in [7, 11) is -0.476. The van der Waals surface area contributed by atoms with Crippen molar-refractivity contribution in [1.29, 1.82) is 0 Å². The second-order valence-corrected chi connectivity index (χ2v) is 11.0. The van der Waals surface area contributed by atoms with E-state index in [0.717, 1.165) is 43.0 Å². The van der Waals surface area contributed by atoms with E-state index in [1.165, 1.54) is 0 Å². The van der Waals surface area contributed by atoms with Crippen molar-refractivity contribution in [3.05, 3.63) is 42.0 Å². The second kappa shape index (κ2) is 11.3. The highest BCUT2D eigenvalue weighted by Gasteiger charge is 2.28. The van der Waals surface area contributed by atoms with Gasteiger partial charge in [-0.3, -0.25) is 4.79 Å². The number of rotatable bonds is 10. The summed E-state index contributed by atoms with van der Waals surface area (Å²) in [6.07, 6.45) is 3.81. The molecule has 1 heterocycles. The molecule has 0 bridgehead atoms. The Morgan fingerprint density at radius 2 is 1.83 bits per heavy atom. The Morgan fingerprint density at radius 1 is 1.06 bits per heavy atom. The number of amides is 1. The Kier molecular flexibility index (Phi) is 8.19. The standard InChI is InChI=1S/C24H30N4O5S2/c1-32-20-11-8-16(14-21(20)33-2)12-13-25-24(29)18-9-6-17(7-10-18)15-26-35(30,31)22-5-3-4-19-23(22)28-34-27-19/h3-5,8,11,14,17-18,26H,6-7,9-10,12-13,15H2,1-2H3,(H,25,29). The zero-order chi connectivity index (χ0) is 24.8. The van der Waals surface area contributed by atoms with Gasteiger partial charge in [-0.2, -0.15) is 8.75 Å². The number of ether oxygens (including phenoxy) is 2. The molecule has 1 amide bonds. The first-order valence-corrected chi connectivity index (χ1v) is 13.8. The molecule has 2 N–H and O–H groups in total. The van der Waals surface area contributed by atoms with Crippen LogP contribution in [0, 0.1) is 11.8 Å². The van der Waals surface area contributed by atoms with Crippen LogP contribution in [-0.2, 0) is 21.2 Å². The summed E-state index contributed by atoms with van der Waals surface area (Å²) >= 11 is 0.999. The molecular formula is C24H30N4O5S2. The fourth-order valence-corrected chi connectivity index (χ4v) is 6.32. The van der Waals surface area contributed by atoms with E-state index in [-0.39, 0.29) is 22.6 Å². The maximum Gasteiger partial charge on any atom is 0.242 e. The number of nitrogens with one attached hydrogen (secondary N) is 2. The van der Waals surface area contributed by atoms with E-state index in [1.807, 2.05) is 18.2 Å². The van der Waals surface area contributed by atoms with Gasteiger partial charge in [-0.1, -0.05) is 12.1 Å². The smallest absolute Gasteiger partial charge is 0.242 e. The van der Waals surface area contributed by atoms with E-state index in [2.05, 4.69) is 18.8 Å². The molecule has 1 aliphatic rings. The van der Waals surface area contributed by atoms with Crippen molar-refractivity contribution in [2.45, 2.75) is 37.0 Å². The third-order valence-electron chi connectivity index (χ3n) is 6.48. The van der Waals surface area contributed by atoms with Crippen LogP contribution in [0.3, 0.4) is 0 Å². The van der Waals surface area contributed by atoms with Crippen LogP contribution >= 0.6 is 11.7 Å². The maximum absolute atomic E-state index is 12.8. The Labute approximate surface area is 209 Å². The highest BCUT2D eigenvalue weighted by molar-refractivity contribution is 7.89. The van der Waals surface area contributed by atoms with Crippen LogP contribution in [0.1, 0.15) is 31.2 Å². The monoisotopic (exact) mass is 518 g/mol. The predicted molar refractivity (Wildman–Crippen MR) is 134 cm³/mol. The first kappa shape index (κ1) is 25.3. The Hall–Kier alpha value is -2.76. The minimum Gasteiger partial charge on any atom is -0.493 e. The summed E-state index contributed by atoms with van der Waals surface area (Å²) in [4.78, 5) is 12.8. The Balaban J connectivity index is 1.21. The Bertz CT molecular complexity index is 1270. The Morgan fingerprint density at radius 3 is 2.57 bits per heavy atom. The number of fused-ring (bicyclic) bond motifs is 1. The molecule has 4 rings (SSSR count). The molecule has 1 saturated carbocycles. The summed E-state index contributed by atoms with van der Waals surface area (Å²) < 4.78 is 47.2. The summed E-state index contributed by atoms with van der Waals surface area (Å²) in [5.41, 5.74) is 2.04. The normalized spacial score (nSPS) is 18.3. The molecule has 0 spiro atoms. The molecule has 0 saturated heterocycles. The van der Waals surface area contributed by atoms with Gasteiger partial charge in [-0.25, -0.2) is 13.1 Å². The molecule has 0 unspecified atom stereocenters. The van der Waals surface area contributed by atoms with Crippen LogP contribution in [0.25, 0.3) is 11.0 Å². The van der Waals surface area contributed by atoms with Crippen molar-refractivity contribution < 1.29 is 22.7 Å². The van der Waals surface area contributed by atoms with E-state index < -0.39 is 10.0 Å². The molecule has 1 fully saturated rings. The van der Waals surface area contributed by atoms with Crippen LogP contribution in [0.5, 0.6) is 11.5 Å². The predicted octanol–water partition coefficient (Wildman–Crippen LogP) is 3.15. The third-order valence-corrected chi connectivity index (χ3v) is 8.48. The van der Waals surface area contributed by atoms with E-state index in [9.17, 15) is 13.2 Å². The van der Waals surface area contributed by atoms with E-state index in [0.29, 0.717) is 42.0 Å². The molecular weight excluding hydrogens is 488 g/mol. The summed E-state index contributed by atoms with van der Waals surface area (Å²) in [5.74, 6) is 1.57. The van der Waals surface area contributed by atoms with E-state index in [1.54, 1.807) is 32.4 Å². The second-order valence-electron chi connectivity index (χ2n) is 8.69. The fraction of sp³-hybridized carbons (Fsp3) is 0.458. The van der Waals surface area contributed by atoms with Gasteiger partial charge < -0.3 is 14.8 Å². The molecule has 9 nitrogen and oxygen atoms in total. The number of carbonyl (C=O) groups excluding carboxylic acids is 1. The van der Waals surface area contributed by atoms with Gasteiger partial charge >= 0.3 is 0 Å². The molecule has 1 aliphatic carbocycles. The summed E-state index contributed by atoms with van der Waals surface area (Å²) in [5, 5.41) is 3.04. The topological polar surface area (TPSA) is 120 Å². The maximum atomic E-state index is 12.8. The quantitative estimate of drug-likeness (QED) is 0.423. The van der Waals surface area contributed by atoms with Gasteiger partial charge in [0, 0.05) is 19.0 Å². The number of aromatic nitrogens is 2. The van der Waals surface area contributed by atoms with Crippen molar-refractivity contribution in [3.8, 4) is 11.5 Å². The molecule has 0 atom stereocenters. The van der Waals surface area contributed by atoms with Crippen LogP contribution in [0.4, 0.5) is 0 Å². The van der Waals surface area contributed by atoms with Crippen molar-refractivity contribution in [2.24, 2.45) is 11.8 Å². The lowest BCUT2D eigenvalue weighted by Gasteiger charge is -2.28. The van der Waals surface area contributed by atoms with E-state index in [4.69, 9.17) is 9.47 Å². The van der Waals surface area contributed by atoms with Gasteiger partial charge in [0.15, 0.2) is 11.5 Å². The minimum absolute atomic E-state index is 0.0388. The lowest BCUT2D eigenvalue weighted by molar-refractivity contribution is -0.126.